The second kappa shape index (κ2) is 8.35. The van der Waals surface area contributed by atoms with E-state index in [0.29, 0.717) is 25.3 Å². The molecule has 0 spiro atoms. The monoisotopic (exact) mass is 368 g/mol. The second-order valence-corrected chi connectivity index (χ2v) is 6.16. The molecule has 1 saturated heterocycles. The van der Waals surface area contributed by atoms with Gasteiger partial charge in [0, 0.05) is 32.1 Å². The van der Waals surface area contributed by atoms with Crippen LogP contribution in [0.4, 0.5) is 4.39 Å². The molecule has 7 nitrogen and oxygen atoms in total. The first-order chi connectivity index (χ1) is 11.5. The van der Waals surface area contributed by atoms with E-state index >= 15 is 0 Å². The van der Waals surface area contributed by atoms with E-state index in [1.807, 2.05) is 17.9 Å². The van der Waals surface area contributed by atoms with Crippen LogP contribution in [0.25, 0.3) is 0 Å². The first kappa shape index (κ1) is 19.3. The lowest BCUT2D eigenvalue weighted by atomic mass is 10.0. The van der Waals surface area contributed by atoms with Crippen molar-refractivity contribution in [3.05, 3.63) is 41.5 Å². The number of halogens is 2. The van der Waals surface area contributed by atoms with Crippen molar-refractivity contribution in [1.29, 1.82) is 0 Å². The molecule has 0 saturated carbocycles. The van der Waals surface area contributed by atoms with Gasteiger partial charge in [-0.1, -0.05) is 12.1 Å². The third kappa shape index (κ3) is 4.52. The Labute approximate surface area is 152 Å². The zero-order valence-electron chi connectivity index (χ0n) is 14.2. The van der Waals surface area contributed by atoms with Gasteiger partial charge in [0.15, 0.2) is 0 Å². The molecule has 1 aliphatic rings. The smallest absolute Gasteiger partial charge is 0.248 e. The highest BCUT2D eigenvalue weighted by Gasteiger charge is 2.30. The fourth-order valence-electron chi connectivity index (χ4n) is 3.04. The molecule has 1 fully saturated rings. The molecule has 2 atom stereocenters. The third-order valence-corrected chi connectivity index (χ3v) is 4.24. The van der Waals surface area contributed by atoms with Crippen LogP contribution in [0.3, 0.4) is 0 Å². The zero-order valence-corrected chi connectivity index (χ0v) is 15.0. The van der Waals surface area contributed by atoms with Crippen molar-refractivity contribution in [2.75, 3.05) is 19.6 Å². The highest BCUT2D eigenvalue weighted by molar-refractivity contribution is 5.85. The Hall–Kier alpha value is -2.06. The SMILES string of the molecule is Cc1nnnn1C(Cc1cccc(F)c1)C(=O)N1CCNC(C)C1.Cl. The molecule has 3 rings (SSSR count). The van der Waals surface area contributed by atoms with Crippen LogP contribution in [0.5, 0.6) is 0 Å². The molecule has 1 amide bonds. The van der Waals surface area contributed by atoms with Gasteiger partial charge in [0.05, 0.1) is 0 Å². The van der Waals surface area contributed by atoms with Gasteiger partial charge in [-0.05, 0) is 42.0 Å². The van der Waals surface area contributed by atoms with Crippen molar-refractivity contribution >= 4 is 18.3 Å². The molecule has 0 radical (unpaired) electrons. The summed E-state index contributed by atoms with van der Waals surface area (Å²) in [5.41, 5.74) is 0.742. The van der Waals surface area contributed by atoms with Crippen LogP contribution in [0.2, 0.25) is 0 Å². The quantitative estimate of drug-likeness (QED) is 0.876. The number of aryl methyl sites for hydroxylation is 1. The van der Waals surface area contributed by atoms with Crippen molar-refractivity contribution in [2.24, 2.45) is 0 Å². The van der Waals surface area contributed by atoms with E-state index in [-0.39, 0.29) is 30.2 Å². The maximum atomic E-state index is 13.5. The maximum absolute atomic E-state index is 13.5. The maximum Gasteiger partial charge on any atom is 0.248 e. The van der Waals surface area contributed by atoms with Gasteiger partial charge in [-0.2, -0.15) is 0 Å². The number of nitrogens with one attached hydrogen (secondary N) is 1. The van der Waals surface area contributed by atoms with Gasteiger partial charge in [0.1, 0.15) is 17.7 Å². The summed E-state index contributed by atoms with van der Waals surface area (Å²) in [7, 11) is 0. The number of benzene rings is 1. The summed E-state index contributed by atoms with van der Waals surface area (Å²) >= 11 is 0. The Kier molecular flexibility index (Phi) is 6.44. The normalized spacial score (nSPS) is 18.5. The Morgan fingerprint density at radius 1 is 1.48 bits per heavy atom. The fraction of sp³-hybridized carbons (Fsp3) is 0.500. The van der Waals surface area contributed by atoms with Gasteiger partial charge in [0.25, 0.3) is 0 Å². The molecule has 1 aromatic heterocycles. The number of hydrogen-bond acceptors (Lipinski definition) is 5. The van der Waals surface area contributed by atoms with Crippen molar-refractivity contribution in [2.45, 2.75) is 32.4 Å². The lowest BCUT2D eigenvalue weighted by Gasteiger charge is -2.34. The summed E-state index contributed by atoms with van der Waals surface area (Å²) in [5, 5.41) is 14.8. The highest BCUT2D eigenvalue weighted by atomic mass is 35.5. The van der Waals surface area contributed by atoms with E-state index in [1.165, 1.54) is 16.8 Å². The van der Waals surface area contributed by atoms with Gasteiger partial charge in [-0.15, -0.1) is 17.5 Å². The summed E-state index contributed by atoms with van der Waals surface area (Å²) in [6.45, 7) is 5.84. The fourth-order valence-corrected chi connectivity index (χ4v) is 3.04. The van der Waals surface area contributed by atoms with Crippen LogP contribution < -0.4 is 5.32 Å². The molecular formula is C16H22ClFN6O. The number of amides is 1. The average molecular weight is 369 g/mol. The first-order valence-corrected chi connectivity index (χ1v) is 8.05. The van der Waals surface area contributed by atoms with Gasteiger partial charge < -0.3 is 10.2 Å². The molecule has 0 aliphatic carbocycles. The Morgan fingerprint density at radius 3 is 2.92 bits per heavy atom. The minimum absolute atomic E-state index is 0. The third-order valence-electron chi connectivity index (χ3n) is 4.24. The Balaban J connectivity index is 0.00000225. The Bertz CT molecular complexity index is 724. The average Bonchev–Trinajstić information content (AvgIpc) is 2.98. The Morgan fingerprint density at radius 2 is 2.28 bits per heavy atom. The van der Waals surface area contributed by atoms with Gasteiger partial charge in [0.2, 0.25) is 5.91 Å². The molecule has 2 aromatic rings. The van der Waals surface area contributed by atoms with Crippen molar-refractivity contribution in [1.82, 2.24) is 30.4 Å². The molecule has 0 bridgehead atoms. The highest BCUT2D eigenvalue weighted by Crippen LogP contribution is 2.19. The number of carbonyl (C=O) groups excluding carboxylic acids is 1. The summed E-state index contributed by atoms with van der Waals surface area (Å²) in [6, 6.07) is 5.95. The molecule has 2 unspecified atom stereocenters. The van der Waals surface area contributed by atoms with Gasteiger partial charge in [-0.25, -0.2) is 9.07 Å². The minimum atomic E-state index is -0.577. The summed E-state index contributed by atoms with van der Waals surface area (Å²) in [6.07, 6.45) is 0.348. The van der Waals surface area contributed by atoms with Crippen LogP contribution >= 0.6 is 12.4 Å². The summed E-state index contributed by atoms with van der Waals surface area (Å²) < 4.78 is 15.0. The van der Waals surface area contributed by atoms with Crippen LogP contribution in [0, 0.1) is 12.7 Å². The molecule has 9 heteroatoms. The van der Waals surface area contributed by atoms with E-state index in [4.69, 9.17) is 0 Å². The van der Waals surface area contributed by atoms with E-state index in [1.54, 1.807) is 13.0 Å². The molecule has 1 aliphatic heterocycles. The first-order valence-electron chi connectivity index (χ1n) is 8.05. The van der Waals surface area contributed by atoms with E-state index in [0.717, 1.165) is 12.1 Å². The zero-order chi connectivity index (χ0) is 17.1. The van der Waals surface area contributed by atoms with Crippen LogP contribution in [-0.4, -0.2) is 56.7 Å². The number of hydrogen-bond donors (Lipinski definition) is 1. The van der Waals surface area contributed by atoms with Crippen molar-refractivity contribution < 1.29 is 9.18 Å². The van der Waals surface area contributed by atoms with E-state index in [9.17, 15) is 9.18 Å². The van der Waals surface area contributed by atoms with Crippen molar-refractivity contribution in [3.8, 4) is 0 Å². The van der Waals surface area contributed by atoms with Gasteiger partial charge >= 0.3 is 0 Å². The minimum Gasteiger partial charge on any atom is -0.338 e. The number of piperazine rings is 1. The largest absolute Gasteiger partial charge is 0.338 e. The number of nitrogens with zero attached hydrogens (tertiary/aromatic N) is 5. The van der Waals surface area contributed by atoms with E-state index in [2.05, 4.69) is 20.8 Å². The molecule has 136 valence electrons. The second-order valence-electron chi connectivity index (χ2n) is 6.16. The summed E-state index contributed by atoms with van der Waals surface area (Å²) in [4.78, 5) is 14.9. The predicted octanol–water partition coefficient (Wildman–Crippen LogP) is 1.15. The van der Waals surface area contributed by atoms with Gasteiger partial charge in [-0.3, -0.25) is 4.79 Å². The van der Waals surface area contributed by atoms with E-state index < -0.39 is 6.04 Å². The molecule has 2 heterocycles. The van der Waals surface area contributed by atoms with Crippen LogP contribution in [0.15, 0.2) is 24.3 Å². The van der Waals surface area contributed by atoms with Crippen molar-refractivity contribution in [3.63, 3.8) is 0 Å². The number of rotatable bonds is 4. The molecule has 1 N–H and O–H groups in total. The number of carbonyl (C=O) groups is 1. The molecular weight excluding hydrogens is 347 g/mol. The molecule has 25 heavy (non-hydrogen) atoms. The number of aromatic nitrogens is 4. The number of tetrazole rings is 1. The lowest BCUT2D eigenvalue weighted by Crippen LogP contribution is -2.53. The van der Waals surface area contributed by atoms with Crippen LogP contribution in [0.1, 0.15) is 24.4 Å². The topological polar surface area (TPSA) is 75.9 Å². The predicted molar refractivity (Wildman–Crippen MR) is 93.0 cm³/mol. The molecule has 1 aromatic carbocycles. The van der Waals surface area contributed by atoms with Crippen LogP contribution in [-0.2, 0) is 11.2 Å². The summed E-state index contributed by atoms with van der Waals surface area (Å²) in [5.74, 6) is 0.207. The lowest BCUT2D eigenvalue weighted by molar-refractivity contribution is -0.136. The standard InChI is InChI=1S/C16H21FN6O.ClH/c1-11-10-22(7-6-18-11)16(24)15(23-12(2)19-20-21-23)9-13-4-3-5-14(17)8-13;/h3-5,8,11,15,18H,6-7,9-10H2,1-2H3;1H.